The van der Waals surface area contributed by atoms with E-state index in [-0.39, 0.29) is 6.10 Å². The highest BCUT2D eigenvalue weighted by Gasteiger charge is 2.28. The molecule has 1 N–H and O–H groups in total. The third kappa shape index (κ3) is 2.46. The largest absolute Gasteiger partial charge is 0.493 e. The van der Waals surface area contributed by atoms with Gasteiger partial charge in [0.05, 0.1) is 25.1 Å². The lowest BCUT2D eigenvalue weighted by Gasteiger charge is -2.27. The molecule has 2 rings (SSSR count). The average molecular weight is 238 g/mol. The van der Waals surface area contributed by atoms with Gasteiger partial charge in [0, 0.05) is 12.0 Å². The Labute approximate surface area is 103 Å². The SMILES string of the molecule is COc1cnn(C(C)C)c1C1CCCC(O)C1. The molecule has 0 bridgehead atoms. The summed E-state index contributed by atoms with van der Waals surface area (Å²) in [4.78, 5) is 0. The molecule has 0 amide bonds. The molecule has 0 saturated heterocycles. The van der Waals surface area contributed by atoms with Crippen molar-refractivity contribution in [2.75, 3.05) is 7.11 Å². The summed E-state index contributed by atoms with van der Waals surface area (Å²) in [6.07, 6.45) is 5.57. The molecule has 0 aliphatic heterocycles. The summed E-state index contributed by atoms with van der Waals surface area (Å²) >= 11 is 0. The first kappa shape index (κ1) is 12.4. The monoisotopic (exact) mass is 238 g/mol. The van der Waals surface area contributed by atoms with Crippen molar-refractivity contribution in [2.24, 2.45) is 0 Å². The predicted molar refractivity (Wildman–Crippen MR) is 66.4 cm³/mol. The van der Waals surface area contributed by atoms with Crippen LogP contribution in [-0.2, 0) is 0 Å². The quantitative estimate of drug-likeness (QED) is 0.880. The summed E-state index contributed by atoms with van der Waals surface area (Å²) < 4.78 is 7.43. The Morgan fingerprint density at radius 2 is 2.24 bits per heavy atom. The Morgan fingerprint density at radius 3 is 2.82 bits per heavy atom. The van der Waals surface area contributed by atoms with Crippen molar-refractivity contribution in [3.63, 3.8) is 0 Å². The molecule has 1 fully saturated rings. The Balaban J connectivity index is 2.31. The van der Waals surface area contributed by atoms with Crippen molar-refractivity contribution in [1.82, 2.24) is 9.78 Å². The van der Waals surface area contributed by atoms with Crippen LogP contribution in [0.5, 0.6) is 5.75 Å². The zero-order chi connectivity index (χ0) is 12.4. The first-order chi connectivity index (χ1) is 8.13. The van der Waals surface area contributed by atoms with Gasteiger partial charge in [-0.2, -0.15) is 5.10 Å². The van der Waals surface area contributed by atoms with Crippen LogP contribution in [0, 0.1) is 0 Å². The number of methoxy groups -OCH3 is 1. The molecule has 0 spiro atoms. The number of hydrogen-bond acceptors (Lipinski definition) is 3. The Morgan fingerprint density at radius 1 is 1.47 bits per heavy atom. The second-order valence-electron chi connectivity index (χ2n) is 5.15. The van der Waals surface area contributed by atoms with Crippen LogP contribution in [0.3, 0.4) is 0 Å². The summed E-state index contributed by atoms with van der Waals surface area (Å²) in [5.74, 6) is 1.23. The van der Waals surface area contributed by atoms with Crippen molar-refractivity contribution in [3.05, 3.63) is 11.9 Å². The Kier molecular flexibility index (Phi) is 3.72. The number of ether oxygens (including phenoxy) is 1. The second-order valence-corrected chi connectivity index (χ2v) is 5.15. The highest BCUT2D eigenvalue weighted by molar-refractivity contribution is 5.29. The molecule has 4 nitrogen and oxygen atoms in total. The molecular weight excluding hydrogens is 216 g/mol. The molecule has 0 aromatic carbocycles. The normalized spacial score (nSPS) is 25.2. The fourth-order valence-corrected chi connectivity index (χ4v) is 2.73. The van der Waals surface area contributed by atoms with E-state index >= 15 is 0 Å². The van der Waals surface area contributed by atoms with E-state index in [0.29, 0.717) is 12.0 Å². The zero-order valence-electron chi connectivity index (χ0n) is 10.9. The number of rotatable bonds is 3. The molecule has 2 atom stereocenters. The van der Waals surface area contributed by atoms with Crippen LogP contribution in [0.2, 0.25) is 0 Å². The Bertz CT molecular complexity index is 373. The standard InChI is InChI=1S/C13H22N2O2/c1-9(2)15-13(12(17-3)8-14-15)10-5-4-6-11(16)7-10/h8-11,16H,4-7H2,1-3H3. The molecule has 17 heavy (non-hydrogen) atoms. The van der Waals surface area contributed by atoms with Gasteiger partial charge in [0.15, 0.2) is 5.75 Å². The summed E-state index contributed by atoms with van der Waals surface area (Å²) in [6, 6.07) is 0.327. The van der Waals surface area contributed by atoms with Gasteiger partial charge >= 0.3 is 0 Å². The molecule has 96 valence electrons. The topological polar surface area (TPSA) is 47.3 Å². The minimum Gasteiger partial charge on any atom is -0.493 e. The second kappa shape index (κ2) is 5.08. The van der Waals surface area contributed by atoms with Crippen LogP contribution in [0.25, 0.3) is 0 Å². The van der Waals surface area contributed by atoms with Crippen LogP contribution in [0.15, 0.2) is 6.20 Å². The van der Waals surface area contributed by atoms with Crippen LogP contribution >= 0.6 is 0 Å². The van der Waals surface area contributed by atoms with E-state index in [0.717, 1.165) is 37.1 Å². The average Bonchev–Trinajstić information content (AvgIpc) is 2.72. The molecular formula is C13H22N2O2. The predicted octanol–water partition coefficient (Wildman–Crippen LogP) is 2.49. The van der Waals surface area contributed by atoms with E-state index in [4.69, 9.17) is 4.74 Å². The molecule has 1 aromatic heterocycles. The van der Waals surface area contributed by atoms with Crippen molar-refractivity contribution in [1.29, 1.82) is 0 Å². The van der Waals surface area contributed by atoms with Gasteiger partial charge in [-0.3, -0.25) is 4.68 Å². The van der Waals surface area contributed by atoms with E-state index in [9.17, 15) is 5.11 Å². The molecule has 1 heterocycles. The lowest BCUT2D eigenvalue weighted by Crippen LogP contribution is -2.21. The minimum absolute atomic E-state index is 0.172. The van der Waals surface area contributed by atoms with Crippen LogP contribution in [0.4, 0.5) is 0 Å². The molecule has 0 radical (unpaired) electrons. The van der Waals surface area contributed by atoms with Gasteiger partial charge in [-0.1, -0.05) is 6.42 Å². The molecule has 1 aliphatic rings. The van der Waals surface area contributed by atoms with Gasteiger partial charge in [-0.25, -0.2) is 0 Å². The van der Waals surface area contributed by atoms with E-state index in [2.05, 4.69) is 18.9 Å². The van der Waals surface area contributed by atoms with Crippen molar-refractivity contribution in [2.45, 2.75) is 57.6 Å². The number of aliphatic hydroxyl groups is 1. The minimum atomic E-state index is -0.172. The van der Waals surface area contributed by atoms with Crippen LogP contribution in [0.1, 0.15) is 57.2 Å². The number of nitrogens with zero attached hydrogens (tertiary/aromatic N) is 2. The molecule has 1 aromatic rings. The third-order valence-corrected chi connectivity index (χ3v) is 3.54. The summed E-state index contributed by atoms with van der Waals surface area (Å²) in [5, 5.41) is 14.2. The fraction of sp³-hybridized carbons (Fsp3) is 0.769. The van der Waals surface area contributed by atoms with Gasteiger partial charge in [-0.05, 0) is 33.1 Å². The van der Waals surface area contributed by atoms with E-state index in [1.54, 1.807) is 13.3 Å². The van der Waals surface area contributed by atoms with Gasteiger partial charge in [0.25, 0.3) is 0 Å². The van der Waals surface area contributed by atoms with Crippen LogP contribution in [-0.4, -0.2) is 28.1 Å². The fourth-order valence-electron chi connectivity index (χ4n) is 2.73. The lowest BCUT2D eigenvalue weighted by molar-refractivity contribution is 0.116. The first-order valence-corrected chi connectivity index (χ1v) is 6.43. The van der Waals surface area contributed by atoms with Crippen LogP contribution < -0.4 is 4.74 Å². The van der Waals surface area contributed by atoms with Crippen molar-refractivity contribution < 1.29 is 9.84 Å². The number of aliphatic hydroxyl groups excluding tert-OH is 1. The number of hydrogen-bond donors (Lipinski definition) is 1. The summed E-state index contributed by atoms with van der Waals surface area (Å²) in [7, 11) is 1.68. The van der Waals surface area contributed by atoms with Crippen molar-refractivity contribution in [3.8, 4) is 5.75 Å². The summed E-state index contributed by atoms with van der Waals surface area (Å²) in [5.41, 5.74) is 1.15. The van der Waals surface area contributed by atoms with Gasteiger partial charge in [-0.15, -0.1) is 0 Å². The van der Waals surface area contributed by atoms with Gasteiger partial charge < -0.3 is 9.84 Å². The van der Waals surface area contributed by atoms with Gasteiger partial charge in [0.2, 0.25) is 0 Å². The van der Waals surface area contributed by atoms with E-state index in [1.165, 1.54) is 0 Å². The lowest BCUT2D eigenvalue weighted by atomic mass is 9.84. The Hall–Kier alpha value is -1.03. The zero-order valence-corrected chi connectivity index (χ0v) is 10.9. The number of aromatic nitrogens is 2. The maximum absolute atomic E-state index is 9.80. The smallest absolute Gasteiger partial charge is 0.160 e. The summed E-state index contributed by atoms with van der Waals surface area (Å²) in [6.45, 7) is 4.24. The maximum atomic E-state index is 9.80. The highest BCUT2D eigenvalue weighted by atomic mass is 16.5. The molecule has 1 saturated carbocycles. The van der Waals surface area contributed by atoms with E-state index < -0.39 is 0 Å². The van der Waals surface area contributed by atoms with Gasteiger partial charge in [0.1, 0.15) is 0 Å². The molecule has 2 unspecified atom stereocenters. The highest BCUT2D eigenvalue weighted by Crippen LogP contribution is 2.38. The molecule has 1 aliphatic carbocycles. The maximum Gasteiger partial charge on any atom is 0.160 e. The third-order valence-electron chi connectivity index (χ3n) is 3.54. The molecule has 4 heteroatoms. The van der Waals surface area contributed by atoms with Crippen molar-refractivity contribution >= 4 is 0 Å². The first-order valence-electron chi connectivity index (χ1n) is 6.43. The van der Waals surface area contributed by atoms with E-state index in [1.807, 2.05) is 4.68 Å².